The molecule has 2 heterocycles. The van der Waals surface area contributed by atoms with Crippen LogP contribution in [-0.4, -0.2) is 36.0 Å². The van der Waals surface area contributed by atoms with Gasteiger partial charge in [0.25, 0.3) is 0 Å². The molecule has 0 aliphatic carbocycles. The molecule has 1 aromatic carbocycles. The smallest absolute Gasteiger partial charge is 0.197 e. The first kappa shape index (κ1) is 13.8. The first-order chi connectivity index (χ1) is 9.46. The summed E-state index contributed by atoms with van der Waals surface area (Å²) in [7, 11) is 0. The minimum absolute atomic E-state index is 0.314. The molecule has 0 aromatic heterocycles. The largest absolute Gasteiger partial charge is 0.494 e. The highest BCUT2D eigenvalue weighted by Crippen LogP contribution is 2.47. The van der Waals surface area contributed by atoms with E-state index in [2.05, 4.69) is 0 Å². The van der Waals surface area contributed by atoms with Gasteiger partial charge < -0.3 is 24.1 Å². The topological polar surface area (TPSA) is 57.2 Å². The number of rotatable bonds is 3. The van der Waals surface area contributed by atoms with Crippen LogP contribution in [0.25, 0.3) is 0 Å². The molecule has 20 heavy (non-hydrogen) atoms. The lowest BCUT2D eigenvalue weighted by Crippen LogP contribution is -2.53. The first-order valence-corrected chi connectivity index (χ1v) is 6.88. The Morgan fingerprint density at radius 3 is 2.65 bits per heavy atom. The Labute approximate surface area is 118 Å². The Morgan fingerprint density at radius 1 is 1.30 bits per heavy atom. The standard InChI is InChI=1S/C15H20O5/c1-4-17-11-7-5-10(6-8-11)12-13(16)15(3)18-9-14(2,19-12)20-15/h5-8,12-13,16H,4,9H2,1-3H3/t12-,13-,14+,15+/m1/s1. The van der Waals surface area contributed by atoms with Crippen molar-refractivity contribution in [3.05, 3.63) is 29.8 Å². The minimum atomic E-state index is -1.02. The van der Waals surface area contributed by atoms with E-state index in [1.54, 1.807) is 6.92 Å². The van der Waals surface area contributed by atoms with E-state index in [0.29, 0.717) is 13.2 Å². The fourth-order valence-electron chi connectivity index (χ4n) is 2.74. The van der Waals surface area contributed by atoms with Crippen LogP contribution in [0.15, 0.2) is 24.3 Å². The molecule has 2 bridgehead atoms. The molecule has 0 amide bonds. The summed E-state index contributed by atoms with van der Waals surface area (Å²) in [6.45, 7) is 6.45. The van der Waals surface area contributed by atoms with Crippen LogP contribution in [0.5, 0.6) is 5.75 Å². The molecule has 3 rings (SSSR count). The van der Waals surface area contributed by atoms with Gasteiger partial charge in [0, 0.05) is 0 Å². The molecule has 5 nitrogen and oxygen atoms in total. The summed E-state index contributed by atoms with van der Waals surface area (Å²) < 4.78 is 22.6. The molecular formula is C15H20O5. The second-order valence-corrected chi connectivity index (χ2v) is 5.53. The van der Waals surface area contributed by atoms with E-state index in [0.717, 1.165) is 11.3 Å². The summed E-state index contributed by atoms with van der Waals surface area (Å²) >= 11 is 0. The molecule has 0 unspecified atom stereocenters. The predicted octanol–water partition coefficient (Wildman–Crippen LogP) is 2.00. The van der Waals surface area contributed by atoms with Crippen molar-refractivity contribution in [3.8, 4) is 5.75 Å². The molecule has 2 aliphatic heterocycles. The van der Waals surface area contributed by atoms with Crippen molar-refractivity contribution in [3.63, 3.8) is 0 Å². The van der Waals surface area contributed by atoms with Crippen LogP contribution in [0.2, 0.25) is 0 Å². The van der Waals surface area contributed by atoms with Crippen LogP contribution in [0.3, 0.4) is 0 Å². The van der Waals surface area contributed by atoms with Crippen LogP contribution in [0.4, 0.5) is 0 Å². The number of aliphatic hydroxyl groups excluding tert-OH is 1. The molecule has 2 fully saturated rings. The molecule has 1 aromatic rings. The zero-order chi connectivity index (χ0) is 14.4. The quantitative estimate of drug-likeness (QED) is 0.917. The maximum Gasteiger partial charge on any atom is 0.197 e. The molecule has 0 radical (unpaired) electrons. The van der Waals surface area contributed by atoms with Crippen LogP contribution in [-0.2, 0) is 14.2 Å². The third kappa shape index (κ3) is 2.20. The molecule has 2 aliphatic rings. The zero-order valence-corrected chi connectivity index (χ0v) is 12.0. The fraction of sp³-hybridized carbons (Fsp3) is 0.600. The highest BCUT2D eigenvalue weighted by atomic mass is 16.9. The summed E-state index contributed by atoms with van der Waals surface area (Å²) in [4.78, 5) is 0. The number of fused-ring (bicyclic) bond motifs is 2. The van der Waals surface area contributed by atoms with Crippen LogP contribution in [0.1, 0.15) is 32.4 Å². The van der Waals surface area contributed by atoms with Gasteiger partial charge in [0.05, 0.1) is 6.61 Å². The maximum absolute atomic E-state index is 10.4. The second kappa shape index (κ2) is 4.70. The molecule has 1 N–H and O–H groups in total. The van der Waals surface area contributed by atoms with Gasteiger partial charge in [0.15, 0.2) is 11.6 Å². The average Bonchev–Trinajstić information content (AvgIpc) is 2.70. The summed E-state index contributed by atoms with van der Waals surface area (Å²) in [5, 5.41) is 10.4. The summed E-state index contributed by atoms with van der Waals surface area (Å²) in [5.41, 5.74) is 0.882. The number of hydrogen-bond donors (Lipinski definition) is 1. The monoisotopic (exact) mass is 280 g/mol. The average molecular weight is 280 g/mol. The third-order valence-electron chi connectivity index (χ3n) is 3.76. The van der Waals surface area contributed by atoms with Crippen molar-refractivity contribution in [1.82, 2.24) is 0 Å². The van der Waals surface area contributed by atoms with Crippen LogP contribution >= 0.6 is 0 Å². The van der Waals surface area contributed by atoms with E-state index < -0.39 is 23.8 Å². The molecule has 5 heteroatoms. The molecule has 4 atom stereocenters. The molecular weight excluding hydrogens is 260 g/mol. The Morgan fingerprint density at radius 2 is 2.00 bits per heavy atom. The van der Waals surface area contributed by atoms with Gasteiger partial charge in [-0.2, -0.15) is 0 Å². The lowest BCUT2D eigenvalue weighted by Gasteiger charge is -2.42. The summed E-state index contributed by atoms with van der Waals surface area (Å²) in [6.07, 6.45) is -1.35. The highest BCUT2D eigenvalue weighted by Gasteiger charge is 2.58. The number of ether oxygens (including phenoxy) is 4. The maximum atomic E-state index is 10.4. The fourth-order valence-corrected chi connectivity index (χ4v) is 2.74. The van der Waals surface area contributed by atoms with Gasteiger partial charge in [-0.15, -0.1) is 0 Å². The van der Waals surface area contributed by atoms with E-state index in [9.17, 15) is 5.11 Å². The second-order valence-electron chi connectivity index (χ2n) is 5.53. The van der Waals surface area contributed by atoms with Gasteiger partial charge >= 0.3 is 0 Å². The zero-order valence-electron chi connectivity index (χ0n) is 12.0. The van der Waals surface area contributed by atoms with Gasteiger partial charge in [-0.3, -0.25) is 0 Å². The van der Waals surface area contributed by atoms with E-state index >= 15 is 0 Å². The van der Waals surface area contributed by atoms with Crippen molar-refractivity contribution in [2.75, 3.05) is 13.2 Å². The summed E-state index contributed by atoms with van der Waals surface area (Å²) in [6, 6.07) is 7.54. The van der Waals surface area contributed by atoms with Crippen molar-refractivity contribution in [1.29, 1.82) is 0 Å². The van der Waals surface area contributed by atoms with Crippen LogP contribution in [0, 0.1) is 0 Å². The van der Waals surface area contributed by atoms with Crippen molar-refractivity contribution < 1.29 is 24.1 Å². The van der Waals surface area contributed by atoms with E-state index in [1.807, 2.05) is 38.1 Å². The SMILES string of the molecule is CCOc1ccc([C@H]2O[C@]3(C)CO[C@@](C)(O3)[C@@H]2O)cc1. The number of aliphatic hydroxyl groups is 1. The summed E-state index contributed by atoms with van der Waals surface area (Å²) in [5.74, 6) is -1.03. The Bertz CT molecular complexity index is 488. The minimum Gasteiger partial charge on any atom is -0.494 e. The number of hydrogen-bond acceptors (Lipinski definition) is 5. The van der Waals surface area contributed by atoms with E-state index in [-0.39, 0.29) is 0 Å². The van der Waals surface area contributed by atoms with Gasteiger partial charge in [0.1, 0.15) is 24.6 Å². The Hall–Kier alpha value is -1.14. The lowest BCUT2D eigenvalue weighted by molar-refractivity contribution is -0.359. The van der Waals surface area contributed by atoms with Crippen LogP contribution < -0.4 is 4.74 Å². The van der Waals surface area contributed by atoms with E-state index in [1.165, 1.54) is 0 Å². The highest BCUT2D eigenvalue weighted by molar-refractivity contribution is 5.30. The Balaban J connectivity index is 1.86. The molecule has 110 valence electrons. The van der Waals surface area contributed by atoms with Crippen molar-refractivity contribution in [2.24, 2.45) is 0 Å². The van der Waals surface area contributed by atoms with Crippen molar-refractivity contribution >= 4 is 0 Å². The van der Waals surface area contributed by atoms with Gasteiger partial charge in [-0.25, -0.2) is 0 Å². The molecule has 2 saturated heterocycles. The predicted molar refractivity (Wildman–Crippen MR) is 71.3 cm³/mol. The molecule has 0 spiro atoms. The van der Waals surface area contributed by atoms with Gasteiger partial charge in [0.2, 0.25) is 0 Å². The third-order valence-corrected chi connectivity index (χ3v) is 3.76. The van der Waals surface area contributed by atoms with Crippen molar-refractivity contribution in [2.45, 2.75) is 44.6 Å². The number of benzene rings is 1. The lowest BCUT2D eigenvalue weighted by atomic mass is 9.97. The van der Waals surface area contributed by atoms with Gasteiger partial charge in [-0.05, 0) is 38.5 Å². The molecule has 0 saturated carbocycles. The van der Waals surface area contributed by atoms with E-state index in [4.69, 9.17) is 18.9 Å². The Kier molecular flexibility index (Phi) is 3.25. The first-order valence-electron chi connectivity index (χ1n) is 6.88. The normalized spacial score (nSPS) is 39.8. The van der Waals surface area contributed by atoms with Gasteiger partial charge in [-0.1, -0.05) is 12.1 Å².